The van der Waals surface area contributed by atoms with Gasteiger partial charge in [-0.3, -0.25) is 0 Å². The highest BCUT2D eigenvalue weighted by Gasteiger charge is 2.37. The lowest BCUT2D eigenvalue weighted by molar-refractivity contribution is 0.660. The summed E-state index contributed by atoms with van der Waals surface area (Å²) in [6.07, 6.45) is 0. The van der Waals surface area contributed by atoms with Crippen LogP contribution in [0.15, 0.2) is 205 Å². The molecule has 0 spiro atoms. The molecule has 270 valence electrons. The van der Waals surface area contributed by atoms with E-state index in [1.54, 1.807) is 0 Å². The van der Waals surface area contributed by atoms with Gasteiger partial charge < -0.3 is 9.32 Å². The van der Waals surface area contributed by atoms with E-state index in [9.17, 15) is 0 Å². The highest BCUT2D eigenvalue weighted by atomic mass is 16.3. The monoisotopic (exact) mass is 729 g/mol. The van der Waals surface area contributed by atoms with Gasteiger partial charge in [-0.15, -0.1) is 0 Å². The third-order valence-corrected chi connectivity index (χ3v) is 12.1. The van der Waals surface area contributed by atoms with Crippen molar-refractivity contribution in [2.24, 2.45) is 0 Å². The number of fused-ring (bicyclic) bond motifs is 7. The second-order valence-electron chi connectivity index (χ2n) is 15.6. The quantitative estimate of drug-likeness (QED) is 0.169. The lowest BCUT2D eigenvalue weighted by Gasteiger charge is -2.30. The summed E-state index contributed by atoms with van der Waals surface area (Å²) < 4.78 is 6.42. The predicted octanol–water partition coefficient (Wildman–Crippen LogP) is 15.5. The van der Waals surface area contributed by atoms with Crippen LogP contribution in [0.4, 0.5) is 17.1 Å². The molecule has 1 aliphatic rings. The summed E-state index contributed by atoms with van der Waals surface area (Å²) in [6, 6.07) is 72.7. The Morgan fingerprint density at radius 3 is 1.72 bits per heavy atom. The second-order valence-corrected chi connectivity index (χ2v) is 15.6. The molecule has 0 saturated heterocycles. The van der Waals surface area contributed by atoms with Crippen molar-refractivity contribution in [3.05, 3.63) is 211 Å². The molecule has 1 aromatic heterocycles. The van der Waals surface area contributed by atoms with Gasteiger partial charge in [0, 0.05) is 33.0 Å². The highest BCUT2D eigenvalue weighted by Crippen LogP contribution is 2.54. The van der Waals surface area contributed by atoms with Crippen LogP contribution in [-0.4, -0.2) is 0 Å². The molecule has 0 aliphatic heterocycles. The molecule has 2 nitrogen and oxygen atoms in total. The largest absolute Gasteiger partial charge is 0.456 e. The average molecular weight is 730 g/mol. The summed E-state index contributed by atoms with van der Waals surface area (Å²) in [5.74, 6) is 0. The Morgan fingerprint density at radius 1 is 0.386 bits per heavy atom. The number of benzene rings is 9. The van der Waals surface area contributed by atoms with Crippen molar-refractivity contribution in [1.82, 2.24) is 0 Å². The molecule has 1 heterocycles. The van der Waals surface area contributed by atoms with E-state index in [4.69, 9.17) is 4.42 Å². The summed E-state index contributed by atoms with van der Waals surface area (Å²) in [4.78, 5) is 2.46. The van der Waals surface area contributed by atoms with Crippen LogP contribution in [0.1, 0.15) is 25.0 Å². The zero-order chi connectivity index (χ0) is 38.1. The number of anilines is 3. The van der Waals surface area contributed by atoms with Gasteiger partial charge in [-0.05, 0) is 91.7 Å². The number of furan rings is 1. The van der Waals surface area contributed by atoms with Gasteiger partial charge in [0.05, 0.1) is 11.4 Å². The van der Waals surface area contributed by atoms with Crippen LogP contribution < -0.4 is 4.90 Å². The third kappa shape index (κ3) is 5.18. The normalized spacial score (nSPS) is 12.9. The van der Waals surface area contributed by atoms with E-state index in [1.165, 1.54) is 55.3 Å². The van der Waals surface area contributed by atoms with Gasteiger partial charge in [0.2, 0.25) is 0 Å². The number of nitrogens with zero attached hydrogens (tertiary/aromatic N) is 1. The third-order valence-electron chi connectivity index (χ3n) is 12.1. The second kappa shape index (κ2) is 13.0. The van der Waals surface area contributed by atoms with Crippen LogP contribution >= 0.6 is 0 Å². The first-order valence-electron chi connectivity index (χ1n) is 19.8. The summed E-state index contributed by atoms with van der Waals surface area (Å²) in [6.45, 7) is 4.71. The molecule has 0 radical (unpaired) electrons. The van der Waals surface area contributed by atoms with Crippen molar-refractivity contribution in [3.63, 3.8) is 0 Å². The molecule has 0 bridgehead atoms. The minimum absolute atomic E-state index is 0.105. The van der Waals surface area contributed by atoms with Crippen LogP contribution in [0, 0.1) is 0 Å². The lowest BCUT2D eigenvalue weighted by Crippen LogP contribution is -2.15. The molecule has 0 atom stereocenters. The molecule has 0 unspecified atom stereocenters. The van der Waals surface area contributed by atoms with Gasteiger partial charge in [0.15, 0.2) is 0 Å². The van der Waals surface area contributed by atoms with Crippen LogP contribution in [0.3, 0.4) is 0 Å². The van der Waals surface area contributed by atoms with E-state index in [2.05, 4.69) is 213 Å². The molecule has 0 saturated carbocycles. The molecule has 0 fully saturated rings. The minimum Gasteiger partial charge on any atom is -0.456 e. The molecule has 11 rings (SSSR count). The molecule has 0 amide bonds. The zero-order valence-corrected chi connectivity index (χ0v) is 31.9. The van der Waals surface area contributed by atoms with Crippen molar-refractivity contribution >= 4 is 49.8 Å². The molecule has 0 N–H and O–H groups in total. The van der Waals surface area contributed by atoms with E-state index in [0.29, 0.717) is 0 Å². The van der Waals surface area contributed by atoms with E-state index < -0.39 is 0 Å². The zero-order valence-electron chi connectivity index (χ0n) is 31.9. The highest BCUT2D eigenvalue weighted by molar-refractivity contribution is 6.14. The topological polar surface area (TPSA) is 16.4 Å². The van der Waals surface area contributed by atoms with Crippen molar-refractivity contribution in [3.8, 4) is 44.5 Å². The molecule has 57 heavy (non-hydrogen) atoms. The maximum absolute atomic E-state index is 6.42. The van der Waals surface area contributed by atoms with Crippen LogP contribution in [-0.2, 0) is 5.41 Å². The molecule has 10 aromatic rings. The maximum Gasteiger partial charge on any atom is 0.136 e. The van der Waals surface area contributed by atoms with Crippen molar-refractivity contribution in [1.29, 1.82) is 0 Å². The van der Waals surface area contributed by atoms with Crippen LogP contribution in [0.5, 0.6) is 0 Å². The van der Waals surface area contributed by atoms with Crippen LogP contribution in [0.2, 0.25) is 0 Å². The Labute approximate surface area is 332 Å². The van der Waals surface area contributed by atoms with Gasteiger partial charge in [-0.2, -0.15) is 0 Å². The summed E-state index contributed by atoms with van der Waals surface area (Å²) in [5, 5.41) is 4.73. The first kappa shape index (κ1) is 33.2. The van der Waals surface area contributed by atoms with E-state index in [0.717, 1.165) is 50.1 Å². The number of hydrogen-bond donors (Lipinski definition) is 0. The van der Waals surface area contributed by atoms with E-state index >= 15 is 0 Å². The SMILES string of the molecule is CC1(C)c2ccccc2-c2c(-c3ccccc3N(c3ccc(-c4cccc5ccccc45)cc3)c3ccccc3-c3cccc4oc5ccccc5c34)cccc21. The Bertz CT molecular complexity index is 3160. The first-order valence-corrected chi connectivity index (χ1v) is 19.8. The molecular weight excluding hydrogens is 691 g/mol. The molecule has 2 heteroatoms. The molecule has 9 aromatic carbocycles. The fraction of sp³-hybridized carbons (Fsp3) is 0.0545. The minimum atomic E-state index is -0.105. The average Bonchev–Trinajstić information content (AvgIpc) is 3.76. The Hall–Kier alpha value is -7.16. The fourth-order valence-electron chi connectivity index (χ4n) is 9.45. The Balaban J connectivity index is 1.16. The van der Waals surface area contributed by atoms with Crippen molar-refractivity contribution in [2.75, 3.05) is 4.90 Å². The first-order chi connectivity index (χ1) is 28.1. The summed E-state index contributed by atoms with van der Waals surface area (Å²) in [5.41, 5.74) is 17.4. The Kier molecular flexibility index (Phi) is 7.55. The lowest BCUT2D eigenvalue weighted by atomic mass is 9.82. The van der Waals surface area contributed by atoms with Crippen molar-refractivity contribution in [2.45, 2.75) is 19.3 Å². The van der Waals surface area contributed by atoms with E-state index in [1.807, 2.05) is 6.07 Å². The smallest absolute Gasteiger partial charge is 0.136 e. The van der Waals surface area contributed by atoms with Gasteiger partial charge in [0.25, 0.3) is 0 Å². The van der Waals surface area contributed by atoms with Gasteiger partial charge in [0.1, 0.15) is 11.2 Å². The predicted molar refractivity (Wildman–Crippen MR) is 240 cm³/mol. The fourth-order valence-corrected chi connectivity index (χ4v) is 9.45. The Morgan fingerprint density at radius 2 is 0.912 bits per heavy atom. The number of para-hydroxylation sites is 3. The van der Waals surface area contributed by atoms with Crippen molar-refractivity contribution < 1.29 is 4.42 Å². The summed E-state index contributed by atoms with van der Waals surface area (Å²) in [7, 11) is 0. The molecule has 1 aliphatic carbocycles. The van der Waals surface area contributed by atoms with E-state index in [-0.39, 0.29) is 5.41 Å². The number of hydrogen-bond acceptors (Lipinski definition) is 2. The molecular formula is C55H39NO. The maximum atomic E-state index is 6.42. The van der Waals surface area contributed by atoms with Gasteiger partial charge in [-0.1, -0.05) is 178 Å². The number of rotatable bonds is 6. The van der Waals surface area contributed by atoms with Gasteiger partial charge >= 0.3 is 0 Å². The standard InChI is InChI=1S/C55H39NO/c1-55(2)47-26-9-5-21-45(47)53-43(24-14-27-48(53)55)41-19-6-10-28-49(41)56(38-34-32-37(33-35-38)40-23-13-17-36-16-3-4-18-39(36)40)50-29-11-7-20-42(50)44-25-15-31-52-54(44)46-22-8-12-30-51(46)57-52/h3-35H,1-2H3. The van der Waals surface area contributed by atoms with Crippen LogP contribution in [0.25, 0.3) is 77.2 Å². The summed E-state index contributed by atoms with van der Waals surface area (Å²) >= 11 is 0. The van der Waals surface area contributed by atoms with Gasteiger partial charge in [-0.25, -0.2) is 0 Å².